The lowest BCUT2D eigenvalue weighted by molar-refractivity contribution is 0.0929. The van der Waals surface area contributed by atoms with Crippen LogP contribution >= 0.6 is 23.2 Å². The highest BCUT2D eigenvalue weighted by molar-refractivity contribution is 6.35. The van der Waals surface area contributed by atoms with Crippen molar-refractivity contribution in [2.45, 2.75) is 18.9 Å². The number of hydrogen-bond donors (Lipinski definition) is 3. The zero-order valence-electron chi connectivity index (χ0n) is 14.0. The second-order valence-electron chi connectivity index (χ2n) is 6.19. The van der Waals surface area contributed by atoms with Crippen LogP contribution in [0.1, 0.15) is 33.6 Å². The summed E-state index contributed by atoms with van der Waals surface area (Å²) < 4.78 is 0. The minimum Gasteiger partial charge on any atom is -0.349 e. The molecule has 1 fully saturated rings. The molecule has 0 atom stereocenters. The molecule has 0 spiro atoms. The number of amides is 2. The molecule has 2 aromatic carbocycles. The average Bonchev–Trinajstić information content (AvgIpc) is 2.62. The van der Waals surface area contributed by atoms with Gasteiger partial charge in [0.25, 0.3) is 11.8 Å². The van der Waals surface area contributed by atoms with E-state index in [4.69, 9.17) is 23.2 Å². The Bertz CT molecular complexity index is 783. The van der Waals surface area contributed by atoms with Crippen molar-refractivity contribution in [2.24, 2.45) is 0 Å². The molecule has 0 aromatic heterocycles. The van der Waals surface area contributed by atoms with E-state index in [0.717, 1.165) is 25.9 Å². The summed E-state index contributed by atoms with van der Waals surface area (Å²) in [6.07, 6.45) is 1.87. The number of carbonyl (C=O) groups is 2. The second kappa shape index (κ2) is 8.54. The van der Waals surface area contributed by atoms with Crippen molar-refractivity contribution in [3.8, 4) is 0 Å². The maximum absolute atomic E-state index is 12.3. The summed E-state index contributed by atoms with van der Waals surface area (Å²) in [7, 11) is 0. The normalized spacial score (nSPS) is 14.7. The predicted molar refractivity (Wildman–Crippen MR) is 104 cm³/mol. The van der Waals surface area contributed by atoms with E-state index in [2.05, 4.69) is 16.0 Å². The van der Waals surface area contributed by atoms with Crippen molar-refractivity contribution < 1.29 is 9.59 Å². The largest absolute Gasteiger partial charge is 0.349 e. The number of piperidine rings is 1. The van der Waals surface area contributed by atoms with E-state index in [9.17, 15) is 9.59 Å². The molecule has 0 radical (unpaired) electrons. The predicted octanol–water partition coefficient (Wildman–Crippen LogP) is 3.73. The summed E-state index contributed by atoms with van der Waals surface area (Å²) in [5.41, 5.74) is 1.52. The highest BCUT2D eigenvalue weighted by Crippen LogP contribution is 2.20. The van der Waals surface area contributed by atoms with Crippen molar-refractivity contribution in [1.82, 2.24) is 10.6 Å². The zero-order chi connectivity index (χ0) is 18.5. The van der Waals surface area contributed by atoms with Crippen LogP contribution in [0.3, 0.4) is 0 Å². The summed E-state index contributed by atoms with van der Waals surface area (Å²) in [6, 6.07) is 11.6. The van der Waals surface area contributed by atoms with Crippen molar-refractivity contribution in [3.05, 3.63) is 63.6 Å². The second-order valence-corrected chi connectivity index (χ2v) is 7.06. The molecule has 2 aromatic rings. The van der Waals surface area contributed by atoms with E-state index >= 15 is 0 Å². The summed E-state index contributed by atoms with van der Waals surface area (Å²) in [6.45, 7) is 1.84. The molecular weight excluding hydrogens is 373 g/mol. The van der Waals surface area contributed by atoms with Crippen LogP contribution in [-0.4, -0.2) is 30.9 Å². The number of hydrogen-bond acceptors (Lipinski definition) is 3. The van der Waals surface area contributed by atoms with Gasteiger partial charge in [0.2, 0.25) is 0 Å². The molecule has 0 bridgehead atoms. The van der Waals surface area contributed by atoms with Gasteiger partial charge < -0.3 is 16.0 Å². The molecule has 5 nitrogen and oxygen atoms in total. The van der Waals surface area contributed by atoms with Gasteiger partial charge in [-0.25, -0.2) is 0 Å². The molecular formula is C19H19Cl2N3O2. The molecule has 3 rings (SSSR count). The first kappa shape index (κ1) is 18.7. The highest BCUT2D eigenvalue weighted by Gasteiger charge is 2.16. The van der Waals surface area contributed by atoms with E-state index < -0.39 is 0 Å². The number of nitrogens with one attached hydrogen (secondary N) is 3. The molecule has 0 unspecified atom stereocenters. The quantitative estimate of drug-likeness (QED) is 0.743. The third-order valence-electron chi connectivity index (χ3n) is 4.20. The van der Waals surface area contributed by atoms with Crippen molar-refractivity contribution in [1.29, 1.82) is 0 Å². The van der Waals surface area contributed by atoms with E-state index in [1.807, 2.05) is 0 Å². The monoisotopic (exact) mass is 391 g/mol. The Kier molecular flexibility index (Phi) is 6.14. The summed E-state index contributed by atoms with van der Waals surface area (Å²) in [5, 5.41) is 9.86. The van der Waals surface area contributed by atoms with Gasteiger partial charge in [-0.3, -0.25) is 9.59 Å². The Morgan fingerprint density at radius 3 is 2.12 bits per heavy atom. The molecule has 26 heavy (non-hydrogen) atoms. The number of rotatable bonds is 4. The SMILES string of the molecule is O=C(Nc1ccc(C(=O)NC2CCNCC2)cc1)c1cc(Cl)cc(Cl)c1. The van der Waals surface area contributed by atoms with E-state index in [1.165, 1.54) is 0 Å². The number of anilines is 1. The lowest BCUT2D eigenvalue weighted by atomic mass is 10.1. The molecule has 3 N–H and O–H groups in total. The number of halogens is 2. The fourth-order valence-electron chi connectivity index (χ4n) is 2.83. The standard InChI is InChI=1S/C19H19Cl2N3O2/c20-14-9-13(10-15(21)11-14)19(26)23-16-3-1-12(2-4-16)18(25)24-17-5-7-22-8-6-17/h1-4,9-11,17,22H,5-8H2,(H,23,26)(H,24,25). The van der Waals surface area contributed by atoms with E-state index in [-0.39, 0.29) is 17.9 Å². The Morgan fingerprint density at radius 1 is 0.885 bits per heavy atom. The van der Waals surface area contributed by atoms with Crippen LogP contribution in [-0.2, 0) is 0 Å². The molecule has 0 saturated carbocycles. The Hall–Kier alpha value is -2.08. The first-order chi connectivity index (χ1) is 12.5. The topological polar surface area (TPSA) is 70.2 Å². The number of benzene rings is 2. The van der Waals surface area contributed by atoms with Gasteiger partial charge in [-0.1, -0.05) is 23.2 Å². The zero-order valence-corrected chi connectivity index (χ0v) is 15.5. The van der Waals surface area contributed by atoms with Crippen LogP contribution in [0.25, 0.3) is 0 Å². The smallest absolute Gasteiger partial charge is 0.255 e. The van der Waals surface area contributed by atoms with Crippen LogP contribution in [0.15, 0.2) is 42.5 Å². The molecule has 1 aliphatic rings. The molecule has 0 aliphatic carbocycles. The third-order valence-corrected chi connectivity index (χ3v) is 4.64. The van der Waals surface area contributed by atoms with Crippen molar-refractivity contribution >= 4 is 40.7 Å². The number of carbonyl (C=O) groups excluding carboxylic acids is 2. The van der Waals surface area contributed by atoms with Gasteiger partial charge in [-0.15, -0.1) is 0 Å². The van der Waals surface area contributed by atoms with Crippen LogP contribution in [0, 0.1) is 0 Å². The van der Waals surface area contributed by atoms with Gasteiger partial charge in [0.1, 0.15) is 0 Å². The average molecular weight is 392 g/mol. The third kappa shape index (κ3) is 4.97. The fraction of sp³-hybridized carbons (Fsp3) is 0.263. The van der Waals surface area contributed by atoms with E-state index in [1.54, 1.807) is 42.5 Å². The first-order valence-corrected chi connectivity index (χ1v) is 9.16. The molecule has 2 amide bonds. The van der Waals surface area contributed by atoms with Crippen LogP contribution in [0.2, 0.25) is 10.0 Å². The summed E-state index contributed by atoms with van der Waals surface area (Å²) in [4.78, 5) is 24.6. The first-order valence-electron chi connectivity index (χ1n) is 8.40. The van der Waals surface area contributed by atoms with Gasteiger partial charge in [0.15, 0.2) is 0 Å². The van der Waals surface area contributed by atoms with Crippen molar-refractivity contribution in [2.75, 3.05) is 18.4 Å². The Morgan fingerprint density at radius 2 is 1.50 bits per heavy atom. The van der Waals surface area contributed by atoms with Gasteiger partial charge in [-0.05, 0) is 68.4 Å². The summed E-state index contributed by atoms with van der Waals surface area (Å²) in [5.74, 6) is -0.419. The lowest BCUT2D eigenvalue weighted by Crippen LogP contribution is -2.42. The van der Waals surface area contributed by atoms with Crippen LogP contribution < -0.4 is 16.0 Å². The molecule has 1 saturated heterocycles. The Labute approximate surface area is 162 Å². The van der Waals surface area contributed by atoms with Gasteiger partial charge in [-0.2, -0.15) is 0 Å². The minimum atomic E-state index is -0.318. The molecule has 136 valence electrons. The van der Waals surface area contributed by atoms with Crippen LogP contribution in [0.4, 0.5) is 5.69 Å². The van der Waals surface area contributed by atoms with Gasteiger partial charge in [0, 0.05) is 32.9 Å². The van der Waals surface area contributed by atoms with Gasteiger partial charge in [0.05, 0.1) is 0 Å². The minimum absolute atomic E-state index is 0.101. The molecule has 7 heteroatoms. The maximum atomic E-state index is 12.3. The summed E-state index contributed by atoms with van der Waals surface area (Å²) >= 11 is 11.8. The van der Waals surface area contributed by atoms with Crippen molar-refractivity contribution in [3.63, 3.8) is 0 Å². The fourth-order valence-corrected chi connectivity index (χ4v) is 3.35. The Balaban J connectivity index is 1.61. The van der Waals surface area contributed by atoms with Gasteiger partial charge >= 0.3 is 0 Å². The van der Waals surface area contributed by atoms with E-state index in [0.29, 0.717) is 26.9 Å². The maximum Gasteiger partial charge on any atom is 0.255 e. The molecule has 1 aliphatic heterocycles. The highest BCUT2D eigenvalue weighted by atomic mass is 35.5. The molecule has 1 heterocycles. The lowest BCUT2D eigenvalue weighted by Gasteiger charge is -2.23. The van der Waals surface area contributed by atoms with Crippen LogP contribution in [0.5, 0.6) is 0 Å².